The summed E-state index contributed by atoms with van der Waals surface area (Å²) in [5.74, 6) is 0. The van der Waals surface area contributed by atoms with Gasteiger partial charge in [-0.1, -0.05) is 18.2 Å². The van der Waals surface area contributed by atoms with Crippen molar-refractivity contribution in [3.8, 4) is 5.69 Å². The van der Waals surface area contributed by atoms with Gasteiger partial charge in [0.2, 0.25) is 5.69 Å². The number of benzene rings is 1. The summed E-state index contributed by atoms with van der Waals surface area (Å²) in [4.78, 5) is 10.9. The summed E-state index contributed by atoms with van der Waals surface area (Å²) in [5, 5.41) is 0. The van der Waals surface area contributed by atoms with Crippen molar-refractivity contribution in [2.75, 3.05) is 0 Å². The van der Waals surface area contributed by atoms with E-state index in [1.54, 1.807) is 0 Å². The fourth-order valence-corrected chi connectivity index (χ4v) is 2.63. The maximum Gasteiger partial charge on any atom is 0.215 e. The molecule has 2 nitrogen and oxygen atoms in total. The number of nitrogens with zero attached hydrogens (tertiary/aromatic N) is 1. The Morgan fingerprint density at radius 2 is 1.94 bits per heavy atom. The maximum absolute atomic E-state index is 10.9. The second-order valence-electron chi connectivity index (χ2n) is 4.98. The van der Waals surface area contributed by atoms with Gasteiger partial charge in [-0.2, -0.15) is 4.57 Å². The van der Waals surface area contributed by atoms with Crippen LogP contribution in [0.15, 0.2) is 42.6 Å². The molecule has 3 rings (SSSR count). The van der Waals surface area contributed by atoms with Crippen LogP contribution in [0.3, 0.4) is 0 Å². The Morgan fingerprint density at radius 3 is 2.71 bits per heavy atom. The molecule has 1 aromatic heterocycles. The first kappa shape index (κ1) is 10.2. The minimum Gasteiger partial charge on any atom is -0.298 e. The number of hydrogen-bond acceptors (Lipinski definition) is 1. The molecule has 0 aliphatic carbocycles. The van der Waals surface area contributed by atoms with Crippen molar-refractivity contribution in [3.05, 3.63) is 59.4 Å². The molecule has 0 atom stereocenters. The number of carbonyl (C=O) groups excluding carboxylic acids is 1. The number of rotatable bonds is 1. The molecule has 0 fully saturated rings. The molecule has 0 amide bonds. The Labute approximate surface area is 101 Å². The van der Waals surface area contributed by atoms with Gasteiger partial charge in [0.05, 0.1) is 5.41 Å². The van der Waals surface area contributed by atoms with Crippen LogP contribution < -0.4 is 4.57 Å². The maximum atomic E-state index is 10.9. The second kappa shape index (κ2) is 3.27. The molecule has 84 valence electrons. The largest absolute Gasteiger partial charge is 0.298 e. The SMILES string of the molecule is CC1(C)c2ccccc2-[n+]2ccc(C=O)cc21. The predicted molar refractivity (Wildman–Crippen MR) is 65.5 cm³/mol. The second-order valence-corrected chi connectivity index (χ2v) is 4.98. The van der Waals surface area contributed by atoms with Crippen molar-refractivity contribution >= 4 is 6.29 Å². The van der Waals surface area contributed by atoms with E-state index in [-0.39, 0.29) is 5.41 Å². The van der Waals surface area contributed by atoms with Crippen LogP contribution in [0.4, 0.5) is 0 Å². The van der Waals surface area contributed by atoms with Gasteiger partial charge in [-0.15, -0.1) is 0 Å². The van der Waals surface area contributed by atoms with Crippen molar-refractivity contribution in [1.82, 2.24) is 0 Å². The van der Waals surface area contributed by atoms with E-state index in [1.807, 2.05) is 24.4 Å². The number of carbonyl (C=O) groups is 1. The molecule has 0 unspecified atom stereocenters. The molecular formula is C15H14NO+. The average Bonchev–Trinajstić information content (AvgIpc) is 2.59. The lowest BCUT2D eigenvalue weighted by atomic mass is 9.83. The van der Waals surface area contributed by atoms with Gasteiger partial charge in [0.15, 0.2) is 18.2 Å². The summed E-state index contributed by atoms with van der Waals surface area (Å²) < 4.78 is 2.17. The van der Waals surface area contributed by atoms with E-state index in [9.17, 15) is 4.79 Å². The molecule has 0 radical (unpaired) electrons. The smallest absolute Gasteiger partial charge is 0.215 e. The number of hydrogen-bond donors (Lipinski definition) is 0. The molecule has 0 saturated heterocycles. The van der Waals surface area contributed by atoms with E-state index in [1.165, 1.54) is 16.9 Å². The predicted octanol–water partition coefficient (Wildman–Crippen LogP) is 2.42. The summed E-state index contributed by atoms with van der Waals surface area (Å²) in [6, 6.07) is 12.2. The highest BCUT2D eigenvalue weighted by Gasteiger charge is 2.43. The van der Waals surface area contributed by atoms with Crippen molar-refractivity contribution in [2.24, 2.45) is 0 Å². The van der Waals surface area contributed by atoms with Gasteiger partial charge in [0, 0.05) is 29.3 Å². The molecule has 0 N–H and O–H groups in total. The molecule has 2 aromatic rings. The molecule has 1 aliphatic heterocycles. The fourth-order valence-electron chi connectivity index (χ4n) is 2.63. The fraction of sp³-hybridized carbons (Fsp3) is 0.200. The van der Waals surface area contributed by atoms with Crippen molar-refractivity contribution in [2.45, 2.75) is 19.3 Å². The van der Waals surface area contributed by atoms with Gasteiger partial charge in [0.1, 0.15) is 0 Å². The van der Waals surface area contributed by atoms with Gasteiger partial charge in [-0.3, -0.25) is 4.79 Å². The van der Waals surface area contributed by atoms with Crippen LogP contribution in [0.25, 0.3) is 5.69 Å². The number of para-hydroxylation sites is 1. The average molecular weight is 224 g/mol. The molecule has 1 aliphatic rings. The third-order valence-electron chi connectivity index (χ3n) is 3.59. The van der Waals surface area contributed by atoms with Crippen LogP contribution in [0.2, 0.25) is 0 Å². The third kappa shape index (κ3) is 1.27. The first-order valence-corrected chi connectivity index (χ1v) is 5.76. The van der Waals surface area contributed by atoms with Crippen LogP contribution in [0.1, 0.15) is 35.5 Å². The van der Waals surface area contributed by atoms with E-state index >= 15 is 0 Å². The Kier molecular flexibility index (Phi) is 1.96. The van der Waals surface area contributed by atoms with Gasteiger partial charge in [0.25, 0.3) is 0 Å². The highest BCUT2D eigenvalue weighted by atomic mass is 16.1. The molecule has 0 bridgehead atoms. The third-order valence-corrected chi connectivity index (χ3v) is 3.59. The molecule has 0 saturated carbocycles. The standard InChI is InChI=1S/C15H14NO/c1-15(2)12-5-3-4-6-13(12)16-8-7-11(10-17)9-14(15)16/h3-10H,1-2H3/q+1. The summed E-state index contributed by atoms with van der Waals surface area (Å²) >= 11 is 0. The number of fused-ring (bicyclic) bond motifs is 3. The lowest BCUT2D eigenvalue weighted by molar-refractivity contribution is -0.599. The topological polar surface area (TPSA) is 20.9 Å². The van der Waals surface area contributed by atoms with Crippen molar-refractivity contribution < 1.29 is 9.36 Å². The molecule has 0 spiro atoms. The molecule has 17 heavy (non-hydrogen) atoms. The van der Waals surface area contributed by atoms with Crippen LogP contribution in [-0.2, 0) is 5.41 Å². The molecule has 1 aromatic carbocycles. The normalized spacial score (nSPS) is 15.2. The molecule has 2 heterocycles. The van der Waals surface area contributed by atoms with Crippen molar-refractivity contribution in [1.29, 1.82) is 0 Å². The monoisotopic (exact) mass is 224 g/mol. The van der Waals surface area contributed by atoms with Gasteiger partial charge < -0.3 is 0 Å². The van der Waals surface area contributed by atoms with E-state index in [2.05, 4.69) is 36.6 Å². The number of aldehydes is 1. The van der Waals surface area contributed by atoms with Crippen LogP contribution in [0.5, 0.6) is 0 Å². The molecular weight excluding hydrogens is 210 g/mol. The minimum absolute atomic E-state index is 0.0460. The highest BCUT2D eigenvalue weighted by Crippen LogP contribution is 2.37. The number of aromatic nitrogens is 1. The lowest BCUT2D eigenvalue weighted by Crippen LogP contribution is -2.34. The Hall–Kier alpha value is -1.96. The van der Waals surface area contributed by atoms with Crippen LogP contribution in [-0.4, -0.2) is 6.29 Å². The quantitative estimate of drug-likeness (QED) is 0.538. The van der Waals surface area contributed by atoms with E-state index in [4.69, 9.17) is 0 Å². The van der Waals surface area contributed by atoms with E-state index in [0.29, 0.717) is 0 Å². The van der Waals surface area contributed by atoms with Gasteiger partial charge in [-0.25, -0.2) is 0 Å². The lowest BCUT2D eigenvalue weighted by Gasteiger charge is -2.13. The zero-order valence-electron chi connectivity index (χ0n) is 9.97. The Morgan fingerprint density at radius 1 is 1.18 bits per heavy atom. The van der Waals surface area contributed by atoms with Gasteiger partial charge in [-0.05, 0) is 13.8 Å². The Bertz CT molecular complexity index is 614. The van der Waals surface area contributed by atoms with Crippen LogP contribution in [0, 0.1) is 0 Å². The summed E-state index contributed by atoms with van der Waals surface area (Å²) in [5.41, 5.74) is 4.38. The first-order chi connectivity index (χ1) is 8.14. The van der Waals surface area contributed by atoms with Gasteiger partial charge >= 0.3 is 0 Å². The van der Waals surface area contributed by atoms with E-state index in [0.717, 1.165) is 11.8 Å². The summed E-state index contributed by atoms with van der Waals surface area (Å²) in [6.45, 7) is 4.39. The molecule has 2 heteroatoms. The first-order valence-electron chi connectivity index (χ1n) is 5.76. The zero-order chi connectivity index (χ0) is 12.0. The zero-order valence-corrected chi connectivity index (χ0v) is 9.97. The van der Waals surface area contributed by atoms with Crippen LogP contribution >= 0.6 is 0 Å². The summed E-state index contributed by atoms with van der Waals surface area (Å²) in [7, 11) is 0. The van der Waals surface area contributed by atoms with Crippen molar-refractivity contribution in [3.63, 3.8) is 0 Å². The number of pyridine rings is 1. The highest BCUT2D eigenvalue weighted by molar-refractivity contribution is 5.74. The summed E-state index contributed by atoms with van der Waals surface area (Å²) in [6.07, 6.45) is 2.88. The Balaban J connectivity index is 2.35. The minimum atomic E-state index is -0.0460. The van der Waals surface area contributed by atoms with E-state index < -0.39 is 0 Å².